The molecule has 1 unspecified atom stereocenters. The molecule has 0 radical (unpaired) electrons. The molecule has 0 saturated carbocycles. The summed E-state index contributed by atoms with van der Waals surface area (Å²) in [6.07, 6.45) is 0. The van der Waals surface area contributed by atoms with Gasteiger partial charge in [-0.3, -0.25) is 4.79 Å². The minimum absolute atomic E-state index is 0.0116. The maximum Gasteiger partial charge on any atom is 0.229 e. The Kier molecular flexibility index (Phi) is 6.96. The van der Waals surface area contributed by atoms with Crippen molar-refractivity contribution in [1.29, 1.82) is 0 Å². The summed E-state index contributed by atoms with van der Waals surface area (Å²) in [5, 5.41) is 2.83. The van der Waals surface area contributed by atoms with Gasteiger partial charge in [0.15, 0.2) is 0 Å². The van der Waals surface area contributed by atoms with Gasteiger partial charge in [-0.15, -0.1) is 0 Å². The van der Waals surface area contributed by atoms with E-state index in [4.69, 9.17) is 0 Å². The number of amides is 1. The number of rotatable bonds is 5. The van der Waals surface area contributed by atoms with Crippen LogP contribution in [0, 0.1) is 0 Å². The summed E-state index contributed by atoms with van der Waals surface area (Å²) in [6, 6.07) is 0.264. The predicted molar refractivity (Wildman–Crippen MR) is 54.5 cm³/mol. The lowest BCUT2D eigenvalue weighted by atomic mass is 10.4. The van der Waals surface area contributed by atoms with Crippen LogP contribution in [-0.4, -0.2) is 29.2 Å². The molecule has 0 bridgehead atoms. The zero-order chi connectivity index (χ0) is 8.69. The molecule has 0 saturated heterocycles. The third-order valence-corrected chi connectivity index (χ3v) is 2.55. The Morgan fingerprint density at radius 2 is 2.36 bits per heavy atom. The van der Waals surface area contributed by atoms with Crippen LogP contribution in [0.3, 0.4) is 0 Å². The van der Waals surface area contributed by atoms with Gasteiger partial charge in [-0.05, 0) is 12.7 Å². The molecule has 0 aliphatic carbocycles. The lowest BCUT2D eigenvalue weighted by molar-refractivity contribution is -0.118. The molecule has 66 valence electrons. The van der Waals surface area contributed by atoms with E-state index in [-0.39, 0.29) is 17.7 Å². The first-order chi connectivity index (χ1) is 5.20. The zero-order valence-corrected chi connectivity index (χ0v) is 8.67. The van der Waals surface area contributed by atoms with Crippen LogP contribution in [0.2, 0.25) is 0 Å². The molecule has 1 amide bonds. The SMILES string of the molecule is CCSCC(C)NC(=O)CS. The largest absolute Gasteiger partial charge is 0.352 e. The summed E-state index contributed by atoms with van der Waals surface area (Å²) in [7, 11) is 0. The monoisotopic (exact) mass is 193 g/mol. The first-order valence-corrected chi connectivity index (χ1v) is 5.47. The third kappa shape index (κ3) is 6.56. The highest BCUT2D eigenvalue weighted by atomic mass is 32.2. The first-order valence-electron chi connectivity index (χ1n) is 3.68. The summed E-state index contributed by atoms with van der Waals surface area (Å²) in [6.45, 7) is 4.11. The van der Waals surface area contributed by atoms with Gasteiger partial charge in [0.05, 0.1) is 5.75 Å². The van der Waals surface area contributed by atoms with Crippen molar-refractivity contribution in [2.45, 2.75) is 19.9 Å². The standard InChI is InChI=1S/C7H15NOS2/c1-3-11-5-6(2)8-7(9)4-10/h6,10H,3-5H2,1-2H3,(H,8,9). The van der Waals surface area contributed by atoms with Crippen molar-refractivity contribution in [3.63, 3.8) is 0 Å². The van der Waals surface area contributed by atoms with Gasteiger partial charge in [-0.25, -0.2) is 0 Å². The van der Waals surface area contributed by atoms with Crippen molar-refractivity contribution < 1.29 is 4.79 Å². The normalized spacial score (nSPS) is 12.6. The second-order valence-electron chi connectivity index (χ2n) is 2.29. The fourth-order valence-electron chi connectivity index (χ4n) is 0.657. The molecule has 0 rings (SSSR count). The molecule has 2 nitrogen and oxygen atoms in total. The van der Waals surface area contributed by atoms with Crippen molar-refractivity contribution in [1.82, 2.24) is 5.32 Å². The molecule has 0 aromatic rings. The number of thiol groups is 1. The number of hydrogen-bond donors (Lipinski definition) is 2. The average molecular weight is 193 g/mol. The highest BCUT2D eigenvalue weighted by molar-refractivity contribution is 7.99. The van der Waals surface area contributed by atoms with Crippen LogP contribution in [0.25, 0.3) is 0 Å². The number of hydrogen-bond acceptors (Lipinski definition) is 3. The number of carbonyl (C=O) groups is 1. The Bertz CT molecular complexity index is 119. The first kappa shape index (κ1) is 11.2. The van der Waals surface area contributed by atoms with Crippen LogP contribution in [0.4, 0.5) is 0 Å². The molecular formula is C7H15NOS2. The minimum Gasteiger partial charge on any atom is -0.352 e. The van der Waals surface area contributed by atoms with Gasteiger partial charge in [0.1, 0.15) is 0 Å². The average Bonchev–Trinajstić information content (AvgIpc) is 2.00. The van der Waals surface area contributed by atoms with Gasteiger partial charge in [-0.1, -0.05) is 6.92 Å². The maximum absolute atomic E-state index is 10.8. The van der Waals surface area contributed by atoms with Crippen LogP contribution in [0.1, 0.15) is 13.8 Å². The Morgan fingerprint density at radius 1 is 1.73 bits per heavy atom. The van der Waals surface area contributed by atoms with E-state index in [1.165, 1.54) is 0 Å². The molecular weight excluding hydrogens is 178 g/mol. The van der Waals surface area contributed by atoms with E-state index >= 15 is 0 Å². The lowest BCUT2D eigenvalue weighted by Gasteiger charge is -2.11. The van der Waals surface area contributed by atoms with E-state index < -0.39 is 0 Å². The van der Waals surface area contributed by atoms with Gasteiger partial charge >= 0.3 is 0 Å². The second-order valence-corrected chi connectivity index (χ2v) is 3.92. The summed E-state index contributed by atoms with van der Waals surface area (Å²) in [5.41, 5.74) is 0. The highest BCUT2D eigenvalue weighted by Crippen LogP contribution is 2.00. The van der Waals surface area contributed by atoms with Crippen molar-refractivity contribution >= 4 is 30.3 Å². The molecule has 0 aliphatic rings. The van der Waals surface area contributed by atoms with Crippen molar-refractivity contribution in [3.8, 4) is 0 Å². The van der Waals surface area contributed by atoms with E-state index in [9.17, 15) is 4.79 Å². The van der Waals surface area contributed by atoms with Crippen LogP contribution in [0.5, 0.6) is 0 Å². The van der Waals surface area contributed by atoms with Gasteiger partial charge in [0.2, 0.25) is 5.91 Å². The Hall–Kier alpha value is 0.170. The van der Waals surface area contributed by atoms with E-state index in [1.54, 1.807) is 0 Å². The van der Waals surface area contributed by atoms with E-state index in [2.05, 4.69) is 24.9 Å². The molecule has 0 spiro atoms. The predicted octanol–water partition coefficient (Wildman–Crippen LogP) is 1.17. The molecule has 0 heterocycles. The molecule has 4 heteroatoms. The van der Waals surface area contributed by atoms with E-state index in [0.717, 1.165) is 11.5 Å². The summed E-state index contributed by atoms with van der Waals surface area (Å²) in [5.74, 6) is 2.37. The number of thioether (sulfide) groups is 1. The van der Waals surface area contributed by atoms with E-state index in [1.807, 2.05) is 18.7 Å². The van der Waals surface area contributed by atoms with Gasteiger partial charge in [-0.2, -0.15) is 24.4 Å². The van der Waals surface area contributed by atoms with Crippen LogP contribution in [0.15, 0.2) is 0 Å². The van der Waals surface area contributed by atoms with Crippen LogP contribution >= 0.6 is 24.4 Å². The second kappa shape index (κ2) is 6.85. The molecule has 11 heavy (non-hydrogen) atoms. The van der Waals surface area contributed by atoms with Gasteiger partial charge in [0.25, 0.3) is 0 Å². The van der Waals surface area contributed by atoms with Crippen molar-refractivity contribution in [2.24, 2.45) is 0 Å². The third-order valence-electron chi connectivity index (χ3n) is 1.12. The summed E-state index contributed by atoms with van der Waals surface area (Å²) in [4.78, 5) is 10.8. The number of nitrogens with one attached hydrogen (secondary N) is 1. The van der Waals surface area contributed by atoms with Crippen LogP contribution < -0.4 is 5.32 Å². The van der Waals surface area contributed by atoms with Crippen LogP contribution in [-0.2, 0) is 4.79 Å². The highest BCUT2D eigenvalue weighted by Gasteiger charge is 2.03. The summed E-state index contributed by atoms with van der Waals surface area (Å²) >= 11 is 5.69. The lowest BCUT2D eigenvalue weighted by Crippen LogP contribution is -2.35. The van der Waals surface area contributed by atoms with Gasteiger partial charge < -0.3 is 5.32 Å². The summed E-state index contributed by atoms with van der Waals surface area (Å²) < 4.78 is 0. The zero-order valence-electron chi connectivity index (χ0n) is 6.96. The van der Waals surface area contributed by atoms with Crippen molar-refractivity contribution in [2.75, 3.05) is 17.3 Å². The van der Waals surface area contributed by atoms with Gasteiger partial charge in [0, 0.05) is 11.8 Å². The Balaban J connectivity index is 3.35. The smallest absolute Gasteiger partial charge is 0.229 e. The fourth-order valence-corrected chi connectivity index (χ4v) is 1.42. The Labute approximate surface area is 77.9 Å². The molecule has 0 fully saturated rings. The molecule has 0 aromatic carbocycles. The van der Waals surface area contributed by atoms with Crippen molar-refractivity contribution in [3.05, 3.63) is 0 Å². The fraction of sp³-hybridized carbons (Fsp3) is 0.857. The quantitative estimate of drug-likeness (QED) is 0.642. The molecule has 0 aromatic heterocycles. The Morgan fingerprint density at radius 3 is 2.82 bits per heavy atom. The topological polar surface area (TPSA) is 29.1 Å². The molecule has 1 N–H and O–H groups in total. The minimum atomic E-state index is 0.0116. The molecule has 1 atom stereocenters. The number of carbonyl (C=O) groups excluding carboxylic acids is 1. The maximum atomic E-state index is 10.8. The van der Waals surface area contributed by atoms with E-state index in [0.29, 0.717) is 0 Å². The molecule has 0 aliphatic heterocycles.